The Balaban J connectivity index is 1.72. The van der Waals surface area contributed by atoms with Gasteiger partial charge in [-0.05, 0) is 50.5 Å². The Labute approximate surface area is 153 Å². The van der Waals surface area contributed by atoms with E-state index in [2.05, 4.69) is 4.98 Å². The molecule has 0 unspecified atom stereocenters. The van der Waals surface area contributed by atoms with Gasteiger partial charge in [-0.3, -0.25) is 4.79 Å². The molecule has 1 aliphatic heterocycles. The van der Waals surface area contributed by atoms with Gasteiger partial charge in [-0.15, -0.1) is 11.3 Å². The third-order valence-electron chi connectivity index (χ3n) is 4.43. The molecular weight excluding hydrogens is 358 g/mol. The van der Waals surface area contributed by atoms with Crippen LogP contribution < -0.4 is 4.90 Å². The zero-order valence-corrected chi connectivity index (χ0v) is 15.1. The first-order valence-corrected chi connectivity index (χ1v) is 9.09. The van der Waals surface area contributed by atoms with Crippen LogP contribution in [-0.4, -0.2) is 17.4 Å². The maximum Gasteiger partial charge on any atom is 0.270 e. The molecule has 0 atom stereocenters. The van der Waals surface area contributed by atoms with Crippen LogP contribution in [0.15, 0.2) is 28.7 Å². The second kappa shape index (κ2) is 6.32. The number of aromatic nitrogens is 1. The van der Waals surface area contributed by atoms with Crippen LogP contribution in [0.25, 0.3) is 10.8 Å². The minimum Gasteiger partial charge on any atom is -0.459 e. The van der Waals surface area contributed by atoms with Crippen molar-refractivity contribution in [3.63, 3.8) is 0 Å². The number of carbonyl (C=O) groups excluding carboxylic acids is 1. The lowest BCUT2D eigenvalue weighted by molar-refractivity contribution is 0.0988. The number of furan rings is 1. The number of benzene rings is 1. The Bertz CT molecular complexity index is 1010. The molecule has 1 aliphatic rings. The van der Waals surface area contributed by atoms with Crippen LogP contribution in [0.5, 0.6) is 0 Å². The molecule has 0 fully saturated rings. The SMILES string of the molecule is Cc1ccc(-c2nc(C)c(C(=O)N3CCCc4cc(F)c(F)cc43)s2)o1. The summed E-state index contributed by atoms with van der Waals surface area (Å²) in [5, 5.41) is 0.626. The van der Waals surface area contributed by atoms with Crippen molar-refractivity contribution in [2.24, 2.45) is 0 Å². The number of aryl methyl sites for hydroxylation is 3. The maximum atomic E-state index is 13.7. The number of carbonyl (C=O) groups is 1. The van der Waals surface area contributed by atoms with Gasteiger partial charge in [-0.1, -0.05) is 0 Å². The molecule has 3 heterocycles. The molecule has 134 valence electrons. The van der Waals surface area contributed by atoms with Gasteiger partial charge in [0.1, 0.15) is 10.6 Å². The molecule has 1 amide bonds. The minimum atomic E-state index is -0.948. The highest BCUT2D eigenvalue weighted by molar-refractivity contribution is 7.17. The zero-order chi connectivity index (χ0) is 18.4. The topological polar surface area (TPSA) is 46.3 Å². The standard InChI is InChI=1S/C19H16F2N2O2S/c1-10-5-6-16(25-10)18-22-11(2)17(26-18)19(24)23-7-3-4-12-8-13(20)14(21)9-15(12)23/h5-6,8-9H,3-4,7H2,1-2H3. The van der Waals surface area contributed by atoms with E-state index in [1.54, 1.807) is 6.92 Å². The monoisotopic (exact) mass is 374 g/mol. The number of thiazole rings is 1. The van der Waals surface area contributed by atoms with E-state index in [1.165, 1.54) is 22.3 Å². The third kappa shape index (κ3) is 2.82. The van der Waals surface area contributed by atoms with Crippen LogP contribution >= 0.6 is 11.3 Å². The number of rotatable bonds is 2. The van der Waals surface area contributed by atoms with Crippen molar-refractivity contribution in [1.82, 2.24) is 4.98 Å². The van der Waals surface area contributed by atoms with E-state index in [9.17, 15) is 13.6 Å². The molecule has 26 heavy (non-hydrogen) atoms. The Morgan fingerprint density at radius 1 is 1.23 bits per heavy atom. The Morgan fingerprint density at radius 2 is 2.00 bits per heavy atom. The van der Waals surface area contributed by atoms with E-state index in [4.69, 9.17) is 4.42 Å². The molecule has 0 saturated carbocycles. The van der Waals surface area contributed by atoms with Gasteiger partial charge in [0.2, 0.25) is 0 Å². The van der Waals surface area contributed by atoms with Crippen LogP contribution in [0.2, 0.25) is 0 Å². The van der Waals surface area contributed by atoms with Gasteiger partial charge in [0.15, 0.2) is 22.4 Å². The molecule has 0 bridgehead atoms. The van der Waals surface area contributed by atoms with Crippen molar-refractivity contribution < 1.29 is 18.0 Å². The highest BCUT2D eigenvalue weighted by Gasteiger charge is 2.28. The van der Waals surface area contributed by atoms with E-state index in [1.807, 2.05) is 19.1 Å². The minimum absolute atomic E-state index is 0.249. The molecule has 0 spiro atoms. The van der Waals surface area contributed by atoms with Gasteiger partial charge in [0.25, 0.3) is 5.91 Å². The van der Waals surface area contributed by atoms with Gasteiger partial charge in [0, 0.05) is 12.6 Å². The van der Waals surface area contributed by atoms with Crippen molar-refractivity contribution in [2.45, 2.75) is 26.7 Å². The van der Waals surface area contributed by atoms with Crippen molar-refractivity contribution in [1.29, 1.82) is 0 Å². The Morgan fingerprint density at radius 3 is 2.73 bits per heavy atom. The number of nitrogens with zero attached hydrogens (tertiary/aromatic N) is 2. The molecule has 0 saturated heterocycles. The van der Waals surface area contributed by atoms with E-state index < -0.39 is 11.6 Å². The summed E-state index contributed by atoms with van der Waals surface area (Å²) >= 11 is 1.25. The summed E-state index contributed by atoms with van der Waals surface area (Å²) in [5.41, 5.74) is 1.68. The van der Waals surface area contributed by atoms with Gasteiger partial charge in [0.05, 0.1) is 11.4 Å². The molecule has 2 aromatic heterocycles. The molecule has 7 heteroatoms. The summed E-state index contributed by atoms with van der Waals surface area (Å²) in [6.45, 7) is 4.07. The largest absolute Gasteiger partial charge is 0.459 e. The molecule has 4 nitrogen and oxygen atoms in total. The molecule has 0 N–H and O–H groups in total. The van der Waals surface area contributed by atoms with Crippen LogP contribution in [0.4, 0.5) is 14.5 Å². The summed E-state index contributed by atoms with van der Waals surface area (Å²) in [5.74, 6) is -0.704. The molecule has 1 aromatic carbocycles. The van der Waals surface area contributed by atoms with Crippen molar-refractivity contribution in [3.8, 4) is 10.8 Å². The lowest BCUT2D eigenvalue weighted by Gasteiger charge is -2.29. The van der Waals surface area contributed by atoms with Crippen molar-refractivity contribution in [2.75, 3.05) is 11.4 Å². The van der Waals surface area contributed by atoms with E-state index in [0.29, 0.717) is 52.0 Å². The average molecular weight is 374 g/mol. The predicted molar refractivity (Wildman–Crippen MR) is 95.6 cm³/mol. The van der Waals surface area contributed by atoms with Crippen LogP contribution in [0.3, 0.4) is 0 Å². The first-order chi connectivity index (χ1) is 12.4. The molecule has 0 radical (unpaired) electrons. The predicted octanol–water partition coefficient (Wildman–Crippen LogP) is 4.89. The molecule has 0 aliphatic carbocycles. The summed E-state index contributed by atoms with van der Waals surface area (Å²) in [6, 6.07) is 5.94. The van der Waals surface area contributed by atoms with Crippen LogP contribution in [0, 0.1) is 25.5 Å². The highest BCUT2D eigenvalue weighted by Crippen LogP contribution is 2.34. The maximum absolute atomic E-state index is 13.7. The fourth-order valence-electron chi connectivity index (χ4n) is 3.16. The van der Waals surface area contributed by atoms with Crippen molar-refractivity contribution in [3.05, 3.63) is 57.8 Å². The Kier molecular flexibility index (Phi) is 4.11. The van der Waals surface area contributed by atoms with E-state index in [0.717, 1.165) is 11.8 Å². The second-order valence-corrected chi connectivity index (χ2v) is 7.30. The highest BCUT2D eigenvalue weighted by atomic mass is 32.1. The molecular formula is C19H16F2N2O2S. The van der Waals surface area contributed by atoms with E-state index in [-0.39, 0.29) is 5.91 Å². The number of fused-ring (bicyclic) bond motifs is 1. The first-order valence-electron chi connectivity index (χ1n) is 8.28. The molecule has 3 aromatic rings. The zero-order valence-electron chi connectivity index (χ0n) is 14.3. The fourth-order valence-corrected chi connectivity index (χ4v) is 4.14. The van der Waals surface area contributed by atoms with Crippen molar-refractivity contribution >= 4 is 22.9 Å². The smallest absolute Gasteiger partial charge is 0.270 e. The summed E-state index contributed by atoms with van der Waals surface area (Å²) < 4.78 is 32.8. The average Bonchev–Trinajstić information content (AvgIpc) is 3.20. The van der Waals surface area contributed by atoms with Gasteiger partial charge >= 0.3 is 0 Å². The van der Waals surface area contributed by atoms with Gasteiger partial charge < -0.3 is 9.32 Å². The van der Waals surface area contributed by atoms with E-state index >= 15 is 0 Å². The van der Waals surface area contributed by atoms with Gasteiger partial charge in [-0.2, -0.15) is 0 Å². The van der Waals surface area contributed by atoms with Crippen LogP contribution in [-0.2, 0) is 6.42 Å². The summed E-state index contributed by atoms with van der Waals surface area (Å²) in [6.07, 6.45) is 1.32. The summed E-state index contributed by atoms with van der Waals surface area (Å²) in [4.78, 5) is 19.5. The number of hydrogen-bond acceptors (Lipinski definition) is 4. The Hall–Kier alpha value is -2.54. The lowest BCUT2D eigenvalue weighted by Crippen LogP contribution is -2.35. The number of halogens is 2. The third-order valence-corrected chi connectivity index (χ3v) is 5.59. The number of anilines is 1. The molecule has 4 rings (SSSR count). The van der Waals surface area contributed by atoms with Gasteiger partial charge in [-0.25, -0.2) is 13.8 Å². The fraction of sp³-hybridized carbons (Fsp3) is 0.263. The number of amides is 1. The number of hydrogen-bond donors (Lipinski definition) is 0. The normalized spacial score (nSPS) is 13.8. The quantitative estimate of drug-likeness (QED) is 0.641. The first kappa shape index (κ1) is 16.9. The lowest BCUT2D eigenvalue weighted by atomic mass is 10.0. The summed E-state index contributed by atoms with van der Waals surface area (Å²) in [7, 11) is 0. The van der Waals surface area contributed by atoms with Crippen LogP contribution in [0.1, 0.15) is 33.1 Å². The second-order valence-electron chi connectivity index (χ2n) is 6.30.